The molecule has 76 valence electrons. The number of aromatic nitrogens is 2. The molecule has 0 saturated heterocycles. The minimum Gasteiger partial charge on any atom is -0.251 e. The maximum Gasteiger partial charge on any atom is 0.218 e. The highest BCUT2D eigenvalue weighted by Gasteiger charge is 2.06. The Morgan fingerprint density at radius 1 is 1.00 bits per heavy atom. The van der Waals surface area contributed by atoms with Crippen LogP contribution in [0.5, 0.6) is 0 Å². The van der Waals surface area contributed by atoms with Crippen LogP contribution in [-0.2, 0) is 16.6 Å². The maximum atomic E-state index is 11.8. The zero-order valence-corrected chi connectivity index (χ0v) is 8.85. The van der Waals surface area contributed by atoms with Gasteiger partial charge in [0.1, 0.15) is 0 Å². The molecule has 0 N–H and O–H groups in total. The van der Waals surface area contributed by atoms with Gasteiger partial charge in [0.05, 0.1) is 16.6 Å². The molecule has 0 bridgehead atoms. The number of nitrogens with zero attached hydrogens (tertiary/aromatic N) is 2. The molecule has 0 aliphatic heterocycles. The molecule has 0 fully saturated rings. The van der Waals surface area contributed by atoms with Crippen molar-refractivity contribution in [2.24, 2.45) is 0 Å². The van der Waals surface area contributed by atoms with E-state index in [1.807, 2.05) is 30.3 Å². The van der Waals surface area contributed by atoms with Crippen molar-refractivity contribution in [3.05, 3.63) is 54.4 Å². The van der Waals surface area contributed by atoms with Crippen molar-refractivity contribution in [1.82, 2.24) is 9.97 Å². The molecular formula is C11H10N2OS. The Balaban J connectivity index is 2.12. The van der Waals surface area contributed by atoms with E-state index >= 15 is 0 Å². The van der Waals surface area contributed by atoms with E-state index in [1.54, 1.807) is 18.5 Å². The molecule has 4 heteroatoms. The van der Waals surface area contributed by atoms with Crippen LogP contribution in [0.15, 0.2) is 53.9 Å². The van der Waals surface area contributed by atoms with E-state index in [4.69, 9.17) is 0 Å². The lowest BCUT2D eigenvalue weighted by Gasteiger charge is -1.99. The molecule has 2 rings (SSSR count). The first-order valence-electron chi connectivity index (χ1n) is 4.55. The van der Waals surface area contributed by atoms with Crippen LogP contribution < -0.4 is 0 Å². The third kappa shape index (κ3) is 2.70. The summed E-state index contributed by atoms with van der Waals surface area (Å²) in [4.78, 5) is 7.93. The second-order valence-corrected chi connectivity index (χ2v) is 4.35. The molecule has 0 aliphatic rings. The zero-order valence-electron chi connectivity index (χ0n) is 8.04. The average Bonchev–Trinajstić information content (AvgIpc) is 2.31. The molecular weight excluding hydrogens is 208 g/mol. The molecule has 1 unspecified atom stereocenters. The highest BCUT2D eigenvalue weighted by Crippen LogP contribution is 2.07. The van der Waals surface area contributed by atoms with Gasteiger partial charge in [-0.05, 0) is 11.6 Å². The first-order chi connectivity index (χ1) is 7.36. The predicted octanol–water partition coefficient (Wildman–Crippen LogP) is 1.78. The molecule has 15 heavy (non-hydrogen) atoms. The molecule has 1 heterocycles. The van der Waals surface area contributed by atoms with Crippen molar-refractivity contribution in [2.75, 3.05) is 0 Å². The van der Waals surface area contributed by atoms with E-state index in [0.717, 1.165) is 5.56 Å². The molecule has 1 atom stereocenters. The highest BCUT2D eigenvalue weighted by molar-refractivity contribution is 7.84. The number of hydrogen-bond acceptors (Lipinski definition) is 3. The van der Waals surface area contributed by atoms with Crippen molar-refractivity contribution >= 4 is 10.8 Å². The molecule has 0 amide bonds. The average molecular weight is 218 g/mol. The fourth-order valence-electron chi connectivity index (χ4n) is 1.19. The van der Waals surface area contributed by atoms with Crippen molar-refractivity contribution in [3.8, 4) is 0 Å². The first-order valence-corrected chi connectivity index (χ1v) is 5.87. The van der Waals surface area contributed by atoms with Gasteiger partial charge in [-0.3, -0.25) is 4.21 Å². The molecule has 1 aromatic heterocycles. The first kappa shape index (κ1) is 9.98. The number of rotatable bonds is 3. The largest absolute Gasteiger partial charge is 0.251 e. The molecule has 0 spiro atoms. The van der Waals surface area contributed by atoms with E-state index in [-0.39, 0.29) is 0 Å². The van der Waals surface area contributed by atoms with E-state index in [9.17, 15) is 4.21 Å². The quantitative estimate of drug-likeness (QED) is 0.737. The van der Waals surface area contributed by atoms with Crippen LogP contribution in [-0.4, -0.2) is 14.2 Å². The second kappa shape index (κ2) is 4.79. The van der Waals surface area contributed by atoms with Gasteiger partial charge in [0, 0.05) is 12.4 Å². The van der Waals surface area contributed by atoms with Crippen LogP contribution in [0.4, 0.5) is 0 Å². The highest BCUT2D eigenvalue weighted by atomic mass is 32.2. The van der Waals surface area contributed by atoms with Gasteiger partial charge in [0.2, 0.25) is 5.16 Å². The van der Waals surface area contributed by atoms with Gasteiger partial charge in [-0.25, -0.2) is 9.97 Å². The summed E-state index contributed by atoms with van der Waals surface area (Å²) in [6.45, 7) is 0. The fourth-order valence-corrected chi connectivity index (χ4v) is 2.17. The van der Waals surface area contributed by atoms with Crippen LogP contribution in [0.25, 0.3) is 0 Å². The van der Waals surface area contributed by atoms with E-state index < -0.39 is 10.8 Å². The standard InChI is InChI=1S/C11H10N2OS/c14-15(11-12-7-4-8-13-11)9-10-5-2-1-3-6-10/h1-8H,9H2. The third-order valence-corrected chi connectivity index (χ3v) is 3.10. The predicted molar refractivity (Wildman–Crippen MR) is 58.6 cm³/mol. The van der Waals surface area contributed by atoms with E-state index in [0.29, 0.717) is 10.9 Å². The summed E-state index contributed by atoms with van der Waals surface area (Å²) in [6.07, 6.45) is 3.20. The van der Waals surface area contributed by atoms with Gasteiger partial charge < -0.3 is 0 Å². The summed E-state index contributed by atoms with van der Waals surface area (Å²) in [5.41, 5.74) is 1.03. The minimum atomic E-state index is -1.16. The Hall–Kier alpha value is -1.55. The van der Waals surface area contributed by atoms with Gasteiger partial charge >= 0.3 is 0 Å². The van der Waals surface area contributed by atoms with Crippen LogP contribution in [0.2, 0.25) is 0 Å². The third-order valence-electron chi connectivity index (χ3n) is 1.89. The zero-order chi connectivity index (χ0) is 10.5. The smallest absolute Gasteiger partial charge is 0.218 e. The summed E-state index contributed by atoms with van der Waals surface area (Å²) in [6, 6.07) is 11.4. The summed E-state index contributed by atoms with van der Waals surface area (Å²) in [5.74, 6) is 0.463. The second-order valence-electron chi connectivity index (χ2n) is 3.01. The summed E-state index contributed by atoms with van der Waals surface area (Å²) in [7, 11) is -1.16. The van der Waals surface area contributed by atoms with Crippen LogP contribution in [0.3, 0.4) is 0 Å². The fraction of sp³-hybridized carbons (Fsp3) is 0.0909. The van der Waals surface area contributed by atoms with Gasteiger partial charge in [0.15, 0.2) is 0 Å². The summed E-state index contributed by atoms with van der Waals surface area (Å²) >= 11 is 0. The molecule has 1 aromatic carbocycles. The van der Waals surface area contributed by atoms with Gasteiger partial charge in [-0.2, -0.15) is 0 Å². The molecule has 0 saturated carbocycles. The van der Waals surface area contributed by atoms with Crippen LogP contribution in [0, 0.1) is 0 Å². The Labute approximate surface area is 90.7 Å². The van der Waals surface area contributed by atoms with Gasteiger partial charge in [-0.15, -0.1) is 0 Å². The van der Waals surface area contributed by atoms with E-state index in [2.05, 4.69) is 9.97 Å². The number of benzene rings is 1. The lowest BCUT2D eigenvalue weighted by Crippen LogP contribution is -2.00. The molecule has 0 radical (unpaired) electrons. The Bertz CT molecular complexity index is 445. The van der Waals surface area contributed by atoms with Crippen molar-refractivity contribution < 1.29 is 4.21 Å². The van der Waals surface area contributed by atoms with Crippen LogP contribution >= 0.6 is 0 Å². The Morgan fingerprint density at radius 3 is 2.33 bits per heavy atom. The minimum absolute atomic E-state index is 0.390. The van der Waals surface area contributed by atoms with Gasteiger partial charge in [0.25, 0.3) is 0 Å². The Kier molecular flexibility index (Phi) is 3.19. The number of hydrogen-bond donors (Lipinski definition) is 0. The Morgan fingerprint density at radius 2 is 1.67 bits per heavy atom. The van der Waals surface area contributed by atoms with Crippen LogP contribution in [0.1, 0.15) is 5.56 Å². The SMILES string of the molecule is O=S(Cc1ccccc1)c1ncccn1. The summed E-state index contributed by atoms with van der Waals surface area (Å²) in [5, 5.41) is 0.390. The monoisotopic (exact) mass is 218 g/mol. The molecule has 2 aromatic rings. The van der Waals surface area contributed by atoms with Crippen molar-refractivity contribution in [2.45, 2.75) is 10.9 Å². The topological polar surface area (TPSA) is 42.9 Å². The lowest BCUT2D eigenvalue weighted by atomic mass is 10.2. The van der Waals surface area contributed by atoms with E-state index in [1.165, 1.54) is 0 Å². The molecule has 0 aliphatic carbocycles. The molecule has 3 nitrogen and oxygen atoms in total. The lowest BCUT2D eigenvalue weighted by molar-refractivity contribution is 0.675. The summed E-state index contributed by atoms with van der Waals surface area (Å²) < 4.78 is 11.8. The van der Waals surface area contributed by atoms with Crippen molar-refractivity contribution in [1.29, 1.82) is 0 Å². The van der Waals surface area contributed by atoms with Crippen molar-refractivity contribution in [3.63, 3.8) is 0 Å². The normalized spacial score (nSPS) is 12.3. The van der Waals surface area contributed by atoms with Gasteiger partial charge in [-0.1, -0.05) is 30.3 Å². The maximum absolute atomic E-state index is 11.8.